The van der Waals surface area contributed by atoms with Crippen LogP contribution in [0.2, 0.25) is 0 Å². The highest BCUT2D eigenvalue weighted by molar-refractivity contribution is 5.93. The Morgan fingerprint density at radius 3 is 3.00 bits per heavy atom. The normalized spacial score (nSPS) is 10.7. The van der Waals surface area contributed by atoms with E-state index in [0.717, 1.165) is 11.2 Å². The summed E-state index contributed by atoms with van der Waals surface area (Å²) in [6, 6.07) is 3.68. The lowest BCUT2D eigenvalue weighted by atomic mass is 10.4. The molecule has 0 fully saturated rings. The number of aryl methyl sites for hydroxylation is 1. The predicted octanol–water partition coefficient (Wildman–Crippen LogP) is 1.65. The zero-order valence-electron chi connectivity index (χ0n) is 8.19. The third-order valence-electron chi connectivity index (χ3n) is 2.13. The molecule has 0 aliphatic heterocycles. The smallest absolute Gasteiger partial charge is 0.195 e. The minimum absolute atomic E-state index is 0.0233. The predicted molar refractivity (Wildman–Crippen MR) is 53.2 cm³/mol. The largest absolute Gasteiger partial charge is 0.307 e. The number of aromatic nitrogens is 3. The lowest BCUT2D eigenvalue weighted by Crippen LogP contribution is -2.06. The van der Waals surface area contributed by atoms with Gasteiger partial charge in [-0.15, -0.1) is 0 Å². The first-order valence-corrected chi connectivity index (χ1v) is 4.56. The summed E-state index contributed by atoms with van der Waals surface area (Å²) in [6.45, 7) is 4.21. The number of ketones is 1. The van der Waals surface area contributed by atoms with Crippen LogP contribution in [0.1, 0.15) is 24.5 Å². The Bertz CT molecular complexity index is 487. The molecule has 2 heterocycles. The number of hydrogen-bond acceptors (Lipinski definition) is 3. The van der Waals surface area contributed by atoms with Gasteiger partial charge in [0, 0.05) is 19.7 Å². The fourth-order valence-corrected chi connectivity index (χ4v) is 1.53. The van der Waals surface area contributed by atoms with Gasteiger partial charge in [-0.25, -0.2) is 9.97 Å². The van der Waals surface area contributed by atoms with Gasteiger partial charge < -0.3 is 4.57 Å². The first kappa shape index (κ1) is 8.87. The van der Waals surface area contributed by atoms with Crippen molar-refractivity contribution in [1.82, 2.24) is 14.5 Å². The number of carbonyl (C=O) groups is 1. The van der Waals surface area contributed by atoms with E-state index < -0.39 is 0 Å². The van der Waals surface area contributed by atoms with Crippen LogP contribution in [0.4, 0.5) is 0 Å². The maximum Gasteiger partial charge on any atom is 0.195 e. The molecule has 2 aromatic rings. The lowest BCUT2D eigenvalue weighted by Gasteiger charge is -2.00. The fraction of sp³-hybridized carbons (Fsp3) is 0.300. The highest BCUT2D eigenvalue weighted by atomic mass is 16.1. The number of imidazole rings is 1. The monoisotopic (exact) mass is 189 g/mol. The van der Waals surface area contributed by atoms with Crippen LogP contribution in [-0.4, -0.2) is 20.3 Å². The van der Waals surface area contributed by atoms with Crippen molar-refractivity contribution in [1.29, 1.82) is 0 Å². The second-order valence-electron chi connectivity index (χ2n) is 3.08. The van der Waals surface area contributed by atoms with Crippen LogP contribution in [-0.2, 0) is 6.54 Å². The van der Waals surface area contributed by atoms with E-state index in [-0.39, 0.29) is 5.78 Å². The Morgan fingerprint density at radius 2 is 2.36 bits per heavy atom. The van der Waals surface area contributed by atoms with Gasteiger partial charge in [0.2, 0.25) is 0 Å². The number of Topliss-reactive ketones (excluding diaryl/α,β-unsaturated/α-hetero) is 1. The molecule has 0 aliphatic carbocycles. The summed E-state index contributed by atoms with van der Waals surface area (Å²) in [5.74, 6) is 0.464. The molecule has 0 unspecified atom stereocenters. The highest BCUT2D eigenvalue weighted by Crippen LogP contribution is 2.13. The molecule has 0 N–H and O–H groups in total. The average Bonchev–Trinajstić information content (AvgIpc) is 2.56. The SMILES string of the molecule is CCn1c(C(C)=O)nc2cccnc21. The van der Waals surface area contributed by atoms with E-state index >= 15 is 0 Å². The molecule has 14 heavy (non-hydrogen) atoms. The quantitative estimate of drug-likeness (QED) is 0.675. The van der Waals surface area contributed by atoms with Gasteiger partial charge in [0.25, 0.3) is 0 Å². The van der Waals surface area contributed by atoms with Crippen molar-refractivity contribution in [3.63, 3.8) is 0 Å². The van der Waals surface area contributed by atoms with E-state index in [1.165, 1.54) is 6.92 Å². The molecule has 0 atom stereocenters. The van der Waals surface area contributed by atoms with Crippen LogP contribution in [0.15, 0.2) is 18.3 Å². The van der Waals surface area contributed by atoms with Gasteiger partial charge in [-0.2, -0.15) is 0 Å². The molecular formula is C10H11N3O. The molecule has 2 rings (SSSR count). The number of rotatable bonds is 2. The van der Waals surface area contributed by atoms with Gasteiger partial charge >= 0.3 is 0 Å². The van der Waals surface area contributed by atoms with Crippen molar-refractivity contribution in [3.8, 4) is 0 Å². The Labute approximate surface area is 81.6 Å². The second kappa shape index (κ2) is 3.21. The Kier molecular flexibility index (Phi) is 2.04. The van der Waals surface area contributed by atoms with Gasteiger partial charge in [-0.1, -0.05) is 0 Å². The molecule has 72 valence electrons. The minimum atomic E-state index is -0.0233. The van der Waals surface area contributed by atoms with Gasteiger partial charge in [0.1, 0.15) is 5.52 Å². The summed E-state index contributed by atoms with van der Waals surface area (Å²) in [5.41, 5.74) is 1.56. The topological polar surface area (TPSA) is 47.8 Å². The van der Waals surface area contributed by atoms with E-state index in [4.69, 9.17) is 0 Å². The number of hydrogen-bond donors (Lipinski definition) is 0. The number of fused-ring (bicyclic) bond motifs is 1. The molecule has 4 nitrogen and oxygen atoms in total. The molecule has 0 saturated heterocycles. The van der Waals surface area contributed by atoms with Crippen LogP contribution in [0.3, 0.4) is 0 Å². The first-order chi connectivity index (χ1) is 6.74. The number of pyridine rings is 1. The Morgan fingerprint density at radius 1 is 1.57 bits per heavy atom. The number of carbonyl (C=O) groups excluding carboxylic acids is 1. The van der Waals surface area contributed by atoms with Gasteiger partial charge in [-0.3, -0.25) is 4.79 Å². The first-order valence-electron chi connectivity index (χ1n) is 4.56. The van der Waals surface area contributed by atoms with Gasteiger partial charge in [-0.05, 0) is 19.1 Å². The van der Waals surface area contributed by atoms with E-state index in [9.17, 15) is 4.79 Å². The van der Waals surface area contributed by atoms with Crippen LogP contribution in [0.5, 0.6) is 0 Å². The molecule has 4 heteroatoms. The fourth-order valence-electron chi connectivity index (χ4n) is 1.53. The Hall–Kier alpha value is -1.71. The van der Waals surface area contributed by atoms with E-state index in [1.807, 2.05) is 23.6 Å². The van der Waals surface area contributed by atoms with Crippen molar-refractivity contribution >= 4 is 16.9 Å². The van der Waals surface area contributed by atoms with E-state index in [1.54, 1.807) is 6.20 Å². The summed E-state index contributed by atoms with van der Waals surface area (Å²) in [4.78, 5) is 19.7. The molecule has 0 saturated carbocycles. The molecule has 0 amide bonds. The molecule has 2 aromatic heterocycles. The number of nitrogens with zero attached hydrogens (tertiary/aromatic N) is 3. The van der Waals surface area contributed by atoms with Crippen molar-refractivity contribution in [2.45, 2.75) is 20.4 Å². The second-order valence-corrected chi connectivity index (χ2v) is 3.08. The van der Waals surface area contributed by atoms with Crippen LogP contribution >= 0.6 is 0 Å². The molecule has 0 radical (unpaired) electrons. The Balaban J connectivity index is 2.78. The molecule has 0 aliphatic rings. The summed E-state index contributed by atoms with van der Waals surface area (Å²) in [6.07, 6.45) is 1.71. The summed E-state index contributed by atoms with van der Waals surface area (Å²) < 4.78 is 1.83. The zero-order valence-corrected chi connectivity index (χ0v) is 8.19. The third-order valence-corrected chi connectivity index (χ3v) is 2.13. The standard InChI is InChI=1S/C10H11N3O/c1-3-13-9(7(2)14)12-8-5-4-6-11-10(8)13/h4-6H,3H2,1-2H3. The van der Waals surface area contributed by atoms with Gasteiger partial charge in [0.05, 0.1) is 0 Å². The van der Waals surface area contributed by atoms with Crippen molar-refractivity contribution in [2.75, 3.05) is 0 Å². The molecular weight excluding hydrogens is 178 g/mol. The van der Waals surface area contributed by atoms with Crippen molar-refractivity contribution < 1.29 is 4.79 Å². The van der Waals surface area contributed by atoms with Crippen LogP contribution in [0, 0.1) is 0 Å². The average molecular weight is 189 g/mol. The minimum Gasteiger partial charge on any atom is -0.307 e. The summed E-state index contributed by atoms with van der Waals surface area (Å²) >= 11 is 0. The van der Waals surface area contributed by atoms with Crippen molar-refractivity contribution in [2.24, 2.45) is 0 Å². The third kappa shape index (κ3) is 1.19. The highest BCUT2D eigenvalue weighted by Gasteiger charge is 2.12. The maximum atomic E-state index is 11.3. The molecule has 0 spiro atoms. The van der Waals surface area contributed by atoms with Crippen LogP contribution in [0.25, 0.3) is 11.2 Å². The van der Waals surface area contributed by atoms with Crippen LogP contribution < -0.4 is 0 Å². The summed E-state index contributed by atoms with van der Waals surface area (Å²) in [7, 11) is 0. The maximum absolute atomic E-state index is 11.3. The van der Waals surface area contributed by atoms with E-state index in [2.05, 4.69) is 9.97 Å². The molecule has 0 bridgehead atoms. The van der Waals surface area contributed by atoms with Crippen molar-refractivity contribution in [3.05, 3.63) is 24.2 Å². The summed E-state index contributed by atoms with van der Waals surface area (Å²) in [5, 5.41) is 0. The van der Waals surface area contributed by atoms with Gasteiger partial charge in [0.15, 0.2) is 17.3 Å². The lowest BCUT2D eigenvalue weighted by molar-refractivity contribution is 0.1000. The molecule has 0 aromatic carbocycles. The van der Waals surface area contributed by atoms with E-state index in [0.29, 0.717) is 12.4 Å². The zero-order chi connectivity index (χ0) is 10.1.